The van der Waals surface area contributed by atoms with Crippen molar-refractivity contribution in [1.82, 2.24) is 9.78 Å². The molecule has 16 heavy (non-hydrogen) atoms. The summed E-state index contributed by atoms with van der Waals surface area (Å²) in [6.45, 7) is 2.37. The first-order valence-corrected chi connectivity index (χ1v) is 5.05. The topological polar surface area (TPSA) is 34.9 Å². The predicted molar refractivity (Wildman–Crippen MR) is 59.6 cm³/mol. The number of hydrogen-bond acceptors (Lipinski definition) is 2. The highest BCUT2D eigenvalue weighted by atomic mass is 19.1. The maximum absolute atomic E-state index is 12.7. The Kier molecular flexibility index (Phi) is 2.81. The molecule has 1 aromatic carbocycles. The average molecular weight is 218 g/mol. The number of nitrogens with zero attached hydrogens (tertiary/aromatic N) is 2. The van der Waals surface area contributed by atoms with E-state index in [1.54, 1.807) is 18.2 Å². The van der Waals surface area contributed by atoms with Gasteiger partial charge in [0, 0.05) is 18.2 Å². The first-order chi connectivity index (χ1) is 7.70. The summed E-state index contributed by atoms with van der Waals surface area (Å²) < 4.78 is 14.1. The van der Waals surface area contributed by atoms with Crippen molar-refractivity contribution in [2.45, 2.75) is 13.5 Å². The van der Waals surface area contributed by atoms with Crippen LogP contribution in [0.5, 0.6) is 0 Å². The molecule has 4 heteroatoms. The summed E-state index contributed by atoms with van der Waals surface area (Å²) in [5.41, 5.74) is 1.33. The fourth-order valence-electron chi connectivity index (χ4n) is 1.45. The molecule has 0 aliphatic heterocycles. The lowest BCUT2D eigenvalue weighted by Crippen LogP contribution is -2.20. The Labute approximate surface area is 92.2 Å². The van der Waals surface area contributed by atoms with Crippen LogP contribution in [0.2, 0.25) is 0 Å². The molecule has 0 radical (unpaired) electrons. The van der Waals surface area contributed by atoms with Gasteiger partial charge in [-0.3, -0.25) is 4.79 Å². The van der Waals surface area contributed by atoms with Crippen molar-refractivity contribution in [3.05, 3.63) is 52.6 Å². The highest BCUT2D eigenvalue weighted by Crippen LogP contribution is 2.15. The second-order valence-corrected chi connectivity index (χ2v) is 3.38. The lowest BCUT2D eigenvalue weighted by atomic mass is 10.1. The Hall–Kier alpha value is -1.97. The number of hydrogen-bond donors (Lipinski definition) is 0. The van der Waals surface area contributed by atoms with E-state index < -0.39 is 0 Å². The molecule has 0 atom stereocenters. The smallest absolute Gasteiger partial charge is 0.266 e. The lowest BCUT2D eigenvalue weighted by Gasteiger charge is -2.04. The molecule has 0 N–H and O–H groups in total. The molecule has 0 bridgehead atoms. The summed E-state index contributed by atoms with van der Waals surface area (Å²) in [4.78, 5) is 11.3. The van der Waals surface area contributed by atoms with Crippen molar-refractivity contribution in [1.29, 1.82) is 0 Å². The van der Waals surface area contributed by atoms with Crippen LogP contribution in [0, 0.1) is 5.82 Å². The van der Waals surface area contributed by atoms with Gasteiger partial charge in [0.05, 0.1) is 5.69 Å². The van der Waals surface area contributed by atoms with Crippen LogP contribution < -0.4 is 5.56 Å². The van der Waals surface area contributed by atoms with E-state index in [2.05, 4.69) is 5.10 Å². The first kappa shape index (κ1) is 10.5. The van der Waals surface area contributed by atoms with E-state index in [1.165, 1.54) is 22.9 Å². The number of aromatic nitrogens is 2. The van der Waals surface area contributed by atoms with Gasteiger partial charge in [-0.15, -0.1) is 0 Å². The van der Waals surface area contributed by atoms with Gasteiger partial charge in [-0.2, -0.15) is 5.10 Å². The normalized spacial score (nSPS) is 10.4. The van der Waals surface area contributed by atoms with E-state index in [9.17, 15) is 9.18 Å². The van der Waals surface area contributed by atoms with Gasteiger partial charge in [0.1, 0.15) is 5.82 Å². The van der Waals surface area contributed by atoms with Crippen LogP contribution in [-0.2, 0) is 6.54 Å². The molecule has 2 aromatic rings. The molecule has 1 heterocycles. The first-order valence-electron chi connectivity index (χ1n) is 5.05. The number of aryl methyl sites for hydroxylation is 1. The molecule has 0 saturated carbocycles. The fraction of sp³-hybridized carbons (Fsp3) is 0.167. The molecule has 0 fully saturated rings. The molecule has 0 unspecified atom stereocenters. The minimum Gasteiger partial charge on any atom is -0.268 e. The summed E-state index contributed by atoms with van der Waals surface area (Å²) in [5, 5.41) is 4.17. The van der Waals surface area contributed by atoms with Crippen LogP contribution in [0.15, 0.2) is 41.2 Å². The Morgan fingerprint density at radius 2 is 1.88 bits per heavy atom. The van der Waals surface area contributed by atoms with Crippen molar-refractivity contribution < 1.29 is 4.39 Å². The lowest BCUT2D eigenvalue weighted by molar-refractivity contribution is 0.618. The molecule has 82 valence electrons. The number of halogens is 1. The van der Waals surface area contributed by atoms with Crippen molar-refractivity contribution in [2.75, 3.05) is 0 Å². The third-order valence-corrected chi connectivity index (χ3v) is 2.31. The Bertz CT molecular complexity index is 546. The molecule has 0 spiro atoms. The SMILES string of the molecule is CCn1nc(-c2ccc(F)cc2)ccc1=O. The van der Waals surface area contributed by atoms with Gasteiger partial charge < -0.3 is 0 Å². The molecule has 1 aromatic heterocycles. The monoisotopic (exact) mass is 218 g/mol. The standard InChI is InChI=1S/C12H11FN2O/c1-2-15-12(16)8-7-11(14-15)9-3-5-10(13)6-4-9/h3-8H,2H2,1H3. The number of benzene rings is 1. The highest BCUT2D eigenvalue weighted by Gasteiger charge is 2.02. The van der Waals surface area contributed by atoms with Crippen LogP contribution in [0.1, 0.15) is 6.92 Å². The van der Waals surface area contributed by atoms with Gasteiger partial charge in [-0.25, -0.2) is 9.07 Å². The summed E-state index contributed by atoms with van der Waals surface area (Å²) >= 11 is 0. The van der Waals surface area contributed by atoms with Gasteiger partial charge >= 0.3 is 0 Å². The third-order valence-electron chi connectivity index (χ3n) is 2.31. The van der Waals surface area contributed by atoms with Crippen molar-refractivity contribution in [2.24, 2.45) is 0 Å². The van der Waals surface area contributed by atoms with Crippen molar-refractivity contribution >= 4 is 0 Å². The van der Waals surface area contributed by atoms with E-state index in [4.69, 9.17) is 0 Å². The zero-order valence-corrected chi connectivity index (χ0v) is 8.85. The molecule has 2 rings (SSSR count). The summed E-state index contributed by atoms with van der Waals surface area (Å²) in [7, 11) is 0. The Morgan fingerprint density at radius 3 is 2.50 bits per heavy atom. The minimum atomic E-state index is -0.285. The van der Waals surface area contributed by atoms with Gasteiger partial charge in [0.25, 0.3) is 5.56 Å². The fourth-order valence-corrected chi connectivity index (χ4v) is 1.45. The second-order valence-electron chi connectivity index (χ2n) is 3.38. The van der Waals surface area contributed by atoms with Gasteiger partial charge in [0.2, 0.25) is 0 Å². The predicted octanol–water partition coefficient (Wildman–Crippen LogP) is 2.07. The molecule has 0 aliphatic rings. The van der Waals surface area contributed by atoms with Gasteiger partial charge in [0.15, 0.2) is 0 Å². The van der Waals surface area contributed by atoms with E-state index in [0.717, 1.165) is 5.56 Å². The quantitative estimate of drug-likeness (QED) is 0.773. The molecule has 0 aliphatic carbocycles. The van der Waals surface area contributed by atoms with E-state index in [-0.39, 0.29) is 11.4 Å². The molecule has 0 amide bonds. The molecular weight excluding hydrogens is 207 g/mol. The summed E-state index contributed by atoms with van der Waals surface area (Å²) in [6, 6.07) is 9.14. The maximum Gasteiger partial charge on any atom is 0.266 e. The minimum absolute atomic E-state index is 0.131. The Balaban J connectivity index is 2.48. The highest BCUT2D eigenvalue weighted by molar-refractivity contribution is 5.57. The number of rotatable bonds is 2. The average Bonchev–Trinajstić information content (AvgIpc) is 2.31. The van der Waals surface area contributed by atoms with Crippen LogP contribution in [0.3, 0.4) is 0 Å². The van der Waals surface area contributed by atoms with Crippen molar-refractivity contribution in [3.63, 3.8) is 0 Å². The van der Waals surface area contributed by atoms with E-state index >= 15 is 0 Å². The van der Waals surface area contributed by atoms with Crippen LogP contribution in [0.25, 0.3) is 11.3 Å². The van der Waals surface area contributed by atoms with E-state index in [1.807, 2.05) is 6.92 Å². The van der Waals surface area contributed by atoms with Crippen LogP contribution >= 0.6 is 0 Å². The summed E-state index contributed by atoms with van der Waals surface area (Å²) in [5.74, 6) is -0.285. The van der Waals surface area contributed by atoms with Gasteiger partial charge in [-0.05, 0) is 37.3 Å². The third kappa shape index (κ3) is 2.00. The molecule has 3 nitrogen and oxygen atoms in total. The van der Waals surface area contributed by atoms with Gasteiger partial charge in [-0.1, -0.05) is 0 Å². The van der Waals surface area contributed by atoms with Crippen molar-refractivity contribution in [3.8, 4) is 11.3 Å². The Morgan fingerprint density at radius 1 is 1.19 bits per heavy atom. The second kappa shape index (κ2) is 4.26. The summed E-state index contributed by atoms with van der Waals surface area (Å²) in [6.07, 6.45) is 0. The van der Waals surface area contributed by atoms with E-state index in [0.29, 0.717) is 12.2 Å². The zero-order chi connectivity index (χ0) is 11.5. The molecular formula is C12H11FN2O. The molecule has 0 saturated heterocycles. The maximum atomic E-state index is 12.7. The van der Waals surface area contributed by atoms with Crippen LogP contribution in [-0.4, -0.2) is 9.78 Å². The largest absolute Gasteiger partial charge is 0.268 e. The van der Waals surface area contributed by atoms with Crippen LogP contribution in [0.4, 0.5) is 4.39 Å². The zero-order valence-electron chi connectivity index (χ0n) is 8.85.